The maximum atomic E-state index is 4.24. The van der Waals surface area contributed by atoms with E-state index in [1.165, 1.54) is 3.57 Å². The Kier molecular flexibility index (Phi) is 3.58. The second-order valence-electron chi connectivity index (χ2n) is 2.97. The normalized spacial score (nSPS) is 10.0. The molecule has 1 aromatic carbocycles. The van der Waals surface area contributed by atoms with E-state index < -0.39 is 0 Å². The first kappa shape index (κ1) is 10.9. The highest BCUT2D eigenvalue weighted by Crippen LogP contribution is 2.23. The monoisotopic (exact) mass is 374 g/mol. The summed E-state index contributed by atoms with van der Waals surface area (Å²) in [6.07, 6.45) is 1.76. The Bertz CT molecular complexity index is 474. The van der Waals surface area contributed by atoms with E-state index in [1.54, 1.807) is 6.20 Å². The van der Waals surface area contributed by atoms with Gasteiger partial charge in [-0.25, -0.2) is 4.98 Å². The van der Waals surface area contributed by atoms with Gasteiger partial charge in [0.1, 0.15) is 5.82 Å². The van der Waals surface area contributed by atoms with Crippen LogP contribution in [-0.4, -0.2) is 4.98 Å². The van der Waals surface area contributed by atoms with Gasteiger partial charge in [-0.2, -0.15) is 0 Å². The van der Waals surface area contributed by atoms with Gasteiger partial charge in [-0.3, -0.25) is 0 Å². The second-order valence-corrected chi connectivity index (χ2v) is 5.07. The standard InChI is InChI=1S/C11H8BrIN2/c12-10-5-2-6-14-11(10)15-9-4-1-3-8(13)7-9/h1-7H,(H,14,15). The Morgan fingerprint density at radius 3 is 2.80 bits per heavy atom. The van der Waals surface area contributed by atoms with Crippen LogP contribution in [0.25, 0.3) is 0 Å². The van der Waals surface area contributed by atoms with Crippen molar-refractivity contribution in [2.45, 2.75) is 0 Å². The van der Waals surface area contributed by atoms with E-state index in [-0.39, 0.29) is 0 Å². The molecule has 0 radical (unpaired) electrons. The minimum atomic E-state index is 0.833. The topological polar surface area (TPSA) is 24.9 Å². The molecule has 0 saturated heterocycles. The Balaban J connectivity index is 2.26. The summed E-state index contributed by atoms with van der Waals surface area (Å²) < 4.78 is 2.16. The lowest BCUT2D eigenvalue weighted by atomic mass is 10.3. The van der Waals surface area contributed by atoms with Crippen molar-refractivity contribution in [3.05, 3.63) is 50.6 Å². The van der Waals surface area contributed by atoms with Crippen molar-refractivity contribution in [1.82, 2.24) is 4.98 Å². The highest BCUT2D eigenvalue weighted by atomic mass is 127. The lowest BCUT2D eigenvalue weighted by Gasteiger charge is -2.07. The number of nitrogens with zero attached hydrogens (tertiary/aromatic N) is 1. The average molecular weight is 375 g/mol. The molecule has 2 nitrogen and oxygen atoms in total. The number of benzene rings is 1. The van der Waals surface area contributed by atoms with Gasteiger partial charge >= 0.3 is 0 Å². The number of aromatic nitrogens is 1. The number of hydrogen-bond acceptors (Lipinski definition) is 2. The Hall–Kier alpha value is -0.620. The van der Waals surface area contributed by atoms with Crippen LogP contribution >= 0.6 is 38.5 Å². The van der Waals surface area contributed by atoms with Crippen LogP contribution in [-0.2, 0) is 0 Å². The van der Waals surface area contributed by atoms with E-state index in [0.717, 1.165) is 16.0 Å². The summed E-state index contributed by atoms with van der Waals surface area (Å²) in [6.45, 7) is 0. The highest BCUT2D eigenvalue weighted by Gasteiger charge is 2.00. The molecule has 0 spiro atoms. The van der Waals surface area contributed by atoms with E-state index in [2.05, 4.69) is 61.0 Å². The summed E-state index contributed by atoms with van der Waals surface area (Å²) in [5, 5.41) is 3.25. The van der Waals surface area contributed by atoms with Crippen molar-refractivity contribution in [2.75, 3.05) is 5.32 Å². The third-order valence-electron chi connectivity index (χ3n) is 1.85. The van der Waals surface area contributed by atoms with Crippen molar-refractivity contribution < 1.29 is 0 Å². The van der Waals surface area contributed by atoms with Crippen LogP contribution in [0, 0.1) is 3.57 Å². The molecule has 0 amide bonds. The van der Waals surface area contributed by atoms with Gasteiger partial charge in [0.05, 0.1) is 4.47 Å². The van der Waals surface area contributed by atoms with Gasteiger partial charge in [0.2, 0.25) is 0 Å². The van der Waals surface area contributed by atoms with Gasteiger partial charge in [0, 0.05) is 15.5 Å². The molecule has 4 heteroatoms. The SMILES string of the molecule is Brc1cccnc1Nc1cccc(I)c1. The zero-order valence-corrected chi connectivity index (χ0v) is 11.5. The fourth-order valence-electron chi connectivity index (χ4n) is 1.18. The zero-order valence-electron chi connectivity index (χ0n) is 7.74. The highest BCUT2D eigenvalue weighted by molar-refractivity contribution is 14.1. The molecule has 15 heavy (non-hydrogen) atoms. The summed E-state index contributed by atoms with van der Waals surface area (Å²) in [5.41, 5.74) is 1.04. The van der Waals surface area contributed by atoms with Crippen molar-refractivity contribution in [2.24, 2.45) is 0 Å². The number of anilines is 2. The number of halogens is 2. The van der Waals surface area contributed by atoms with E-state index >= 15 is 0 Å². The smallest absolute Gasteiger partial charge is 0.144 e. The van der Waals surface area contributed by atoms with E-state index in [9.17, 15) is 0 Å². The van der Waals surface area contributed by atoms with Crippen molar-refractivity contribution in [3.63, 3.8) is 0 Å². The largest absolute Gasteiger partial charge is 0.339 e. The van der Waals surface area contributed by atoms with Crippen LogP contribution in [0.2, 0.25) is 0 Å². The van der Waals surface area contributed by atoms with Crippen LogP contribution in [0.3, 0.4) is 0 Å². The van der Waals surface area contributed by atoms with E-state index in [1.807, 2.05) is 24.3 Å². The summed E-state index contributed by atoms with van der Waals surface area (Å²) in [6, 6.07) is 12.0. The number of hydrogen-bond donors (Lipinski definition) is 1. The minimum Gasteiger partial charge on any atom is -0.339 e. The molecule has 1 heterocycles. The first-order valence-corrected chi connectivity index (χ1v) is 6.26. The van der Waals surface area contributed by atoms with E-state index in [0.29, 0.717) is 0 Å². The second kappa shape index (κ2) is 4.94. The third-order valence-corrected chi connectivity index (χ3v) is 3.16. The number of pyridine rings is 1. The molecule has 1 aromatic heterocycles. The van der Waals surface area contributed by atoms with Crippen LogP contribution in [0.5, 0.6) is 0 Å². The molecular weight excluding hydrogens is 367 g/mol. The van der Waals surface area contributed by atoms with Gasteiger partial charge in [-0.05, 0) is 68.9 Å². The molecule has 0 fully saturated rings. The first-order valence-electron chi connectivity index (χ1n) is 4.39. The quantitative estimate of drug-likeness (QED) is 0.797. The molecule has 0 saturated carbocycles. The fraction of sp³-hybridized carbons (Fsp3) is 0. The predicted octanol–water partition coefficient (Wildman–Crippen LogP) is 4.19. The molecular formula is C11H8BrIN2. The van der Waals surface area contributed by atoms with Crippen LogP contribution in [0.15, 0.2) is 47.1 Å². The molecule has 0 aliphatic heterocycles. The van der Waals surface area contributed by atoms with Crippen LogP contribution < -0.4 is 5.32 Å². The molecule has 0 bridgehead atoms. The van der Waals surface area contributed by atoms with Gasteiger partial charge < -0.3 is 5.32 Å². The molecule has 2 rings (SSSR count). The van der Waals surface area contributed by atoms with Crippen molar-refractivity contribution in [1.29, 1.82) is 0 Å². The van der Waals surface area contributed by atoms with Crippen LogP contribution in [0.4, 0.5) is 11.5 Å². The Morgan fingerprint density at radius 1 is 1.20 bits per heavy atom. The lowest BCUT2D eigenvalue weighted by Crippen LogP contribution is -1.94. The maximum Gasteiger partial charge on any atom is 0.144 e. The lowest BCUT2D eigenvalue weighted by molar-refractivity contribution is 1.29. The van der Waals surface area contributed by atoms with E-state index in [4.69, 9.17) is 0 Å². The van der Waals surface area contributed by atoms with Crippen molar-refractivity contribution >= 4 is 50.0 Å². The predicted molar refractivity (Wildman–Crippen MR) is 74.4 cm³/mol. The summed E-state index contributed by atoms with van der Waals surface area (Å²) in [7, 11) is 0. The molecule has 1 N–H and O–H groups in total. The van der Waals surface area contributed by atoms with Gasteiger partial charge in [-0.1, -0.05) is 6.07 Å². The molecule has 76 valence electrons. The number of nitrogens with one attached hydrogen (secondary N) is 1. The van der Waals surface area contributed by atoms with Gasteiger partial charge in [-0.15, -0.1) is 0 Å². The average Bonchev–Trinajstić information content (AvgIpc) is 2.22. The Labute approximate surface area is 110 Å². The van der Waals surface area contributed by atoms with Gasteiger partial charge in [0.15, 0.2) is 0 Å². The number of rotatable bonds is 2. The fourth-order valence-corrected chi connectivity index (χ4v) is 2.08. The zero-order chi connectivity index (χ0) is 10.7. The summed E-state index contributed by atoms with van der Waals surface area (Å²) >= 11 is 5.73. The summed E-state index contributed by atoms with van der Waals surface area (Å²) in [5.74, 6) is 0.833. The Morgan fingerprint density at radius 2 is 2.07 bits per heavy atom. The minimum absolute atomic E-state index is 0.833. The first-order chi connectivity index (χ1) is 7.25. The maximum absolute atomic E-state index is 4.24. The molecule has 0 atom stereocenters. The van der Waals surface area contributed by atoms with Gasteiger partial charge in [0.25, 0.3) is 0 Å². The molecule has 0 aliphatic carbocycles. The molecule has 0 aliphatic rings. The molecule has 0 unspecified atom stereocenters. The summed E-state index contributed by atoms with van der Waals surface area (Å²) in [4.78, 5) is 4.24. The van der Waals surface area contributed by atoms with Crippen molar-refractivity contribution in [3.8, 4) is 0 Å². The molecule has 2 aromatic rings. The third kappa shape index (κ3) is 2.92. The van der Waals surface area contributed by atoms with Crippen LogP contribution in [0.1, 0.15) is 0 Å².